The number of benzene rings is 2. The number of aryl methyl sites for hydroxylation is 2. The van der Waals surface area contributed by atoms with E-state index in [2.05, 4.69) is 92.4 Å². The predicted molar refractivity (Wildman–Crippen MR) is 154 cm³/mol. The van der Waals surface area contributed by atoms with Crippen LogP contribution in [0.5, 0.6) is 5.75 Å². The second-order valence-corrected chi connectivity index (χ2v) is 11.1. The van der Waals surface area contributed by atoms with Crippen LogP contribution in [-0.2, 0) is 19.6 Å². The Morgan fingerprint density at radius 3 is 2.55 bits per heavy atom. The summed E-state index contributed by atoms with van der Waals surface area (Å²) in [6, 6.07) is 18.8. The van der Waals surface area contributed by atoms with Crippen molar-refractivity contribution < 1.29 is 4.74 Å². The average Bonchev–Trinajstić information content (AvgIpc) is 3.73. The van der Waals surface area contributed by atoms with Crippen LogP contribution < -0.4 is 4.74 Å². The molecule has 10 nitrogen and oxygen atoms in total. The summed E-state index contributed by atoms with van der Waals surface area (Å²) in [4.78, 5) is 3.71. The number of hydrogen-bond acceptors (Lipinski definition) is 9. The fourth-order valence-corrected chi connectivity index (χ4v) is 6.12. The molecule has 0 radical (unpaired) electrons. The van der Waals surface area contributed by atoms with Crippen molar-refractivity contribution in [1.29, 1.82) is 0 Å². The van der Waals surface area contributed by atoms with Gasteiger partial charge in [-0.25, -0.2) is 4.68 Å². The first kappa shape index (κ1) is 26.0. The van der Waals surface area contributed by atoms with Crippen molar-refractivity contribution in [3.63, 3.8) is 0 Å². The van der Waals surface area contributed by atoms with E-state index >= 15 is 0 Å². The summed E-state index contributed by atoms with van der Waals surface area (Å²) in [6.07, 6.45) is 0.835. The average molecular weight is 554 g/mol. The van der Waals surface area contributed by atoms with Crippen LogP contribution in [-0.4, -0.2) is 52.3 Å². The Labute approximate surface area is 236 Å². The van der Waals surface area contributed by atoms with E-state index < -0.39 is 0 Å². The Hall–Kier alpha value is -4.22. The van der Waals surface area contributed by atoms with Gasteiger partial charge in [0.25, 0.3) is 0 Å². The van der Waals surface area contributed by atoms with Gasteiger partial charge >= 0.3 is 0 Å². The molecule has 6 rings (SSSR count). The Morgan fingerprint density at radius 1 is 0.975 bits per heavy atom. The third kappa shape index (κ3) is 5.05. The molecule has 4 heterocycles. The first-order chi connectivity index (χ1) is 19.5. The Bertz CT molecular complexity index is 1740. The van der Waals surface area contributed by atoms with Crippen LogP contribution >= 0.6 is 11.3 Å². The van der Waals surface area contributed by atoms with Gasteiger partial charge in [0.2, 0.25) is 0 Å². The molecule has 0 aliphatic carbocycles. The highest BCUT2D eigenvalue weighted by atomic mass is 32.1. The van der Waals surface area contributed by atoms with E-state index in [-0.39, 0.29) is 6.04 Å². The third-order valence-corrected chi connectivity index (χ3v) is 8.16. The van der Waals surface area contributed by atoms with Gasteiger partial charge in [-0.15, -0.1) is 21.5 Å². The molecule has 0 spiro atoms. The quantitative estimate of drug-likeness (QED) is 0.230. The second-order valence-electron chi connectivity index (χ2n) is 10.0. The Balaban J connectivity index is 1.39. The van der Waals surface area contributed by atoms with Crippen LogP contribution in [0.4, 0.5) is 0 Å². The van der Waals surface area contributed by atoms with Crippen molar-refractivity contribution in [2.75, 3.05) is 7.11 Å². The molecule has 0 fully saturated rings. The number of ether oxygens (including phenoxy) is 1. The van der Waals surface area contributed by atoms with Crippen molar-refractivity contribution >= 4 is 27.9 Å². The molecule has 1 atom stereocenters. The maximum absolute atomic E-state index is 5.32. The number of hydrogen-bond donors (Lipinski definition) is 0. The lowest BCUT2D eigenvalue weighted by atomic mass is 10.0. The molecule has 0 amide bonds. The second kappa shape index (κ2) is 11.1. The Kier molecular flexibility index (Phi) is 7.23. The van der Waals surface area contributed by atoms with Crippen molar-refractivity contribution in [1.82, 2.24) is 45.1 Å². The summed E-state index contributed by atoms with van der Waals surface area (Å²) >= 11 is 1.75. The van der Waals surface area contributed by atoms with Gasteiger partial charge in [0.15, 0.2) is 11.5 Å². The molecule has 0 saturated heterocycles. The van der Waals surface area contributed by atoms with Crippen LogP contribution in [0.3, 0.4) is 0 Å². The zero-order chi connectivity index (χ0) is 27.6. The highest BCUT2D eigenvalue weighted by molar-refractivity contribution is 7.09. The van der Waals surface area contributed by atoms with E-state index in [1.54, 1.807) is 18.4 Å². The number of tetrazole rings is 2. The lowest BCUT2D eigenvalue weighted by Crippen LogP contribution is -2.30. The number of methoxy groups -OCH3 is 1. The van der Waals surface area contributed by atoms with E-state index in [0.717, 1.165) is 52.2 Å². The molecular weight excluding hydrogens is 522 g/mol. The fourth-order valence-electron chi connectivity index (χ4n) is 5.39. The first-order valence-corrected chi connectivity index (χ1v) is 14.2. The predicted octanol–water partition coefficient (Wildman–Crippen LogP) is 5.15. The van der Waals surface area contributed by atoms with Gasteiger partial charge in [0.05, 0.1) is 25.2 Å². The maximum atomic E-state index is 5.32. The summed E-state index contributed by atoms with van der Waals surface area (Å²) in [5, 5.41) is 29.1. The molecule has 0 N–H and O–H groups in total. The van der Waals surface area contributed by atoms with Gasteiger partial charge in [-0.3, -0.25) is 4.90 Å². The molecule has 1 unspecified atom stereocenters. The van der Waals surface area contributed by atoms with Crippen LogP contribution in [0.15, 0.2) is 60.0 Å². The van der Waals surface area contributed by atoms with Crippen LogP contribution in [0.2, 0.25) is 0 Å². The first-order valence-electron chi connectivity index (χ1n) is 13.3. The van der Waals surface area contributed by atoms with E-state index in [1.807, 2.05) is 33.5 Å². The monoisotopic (exact) mass is 553 g/mol. The summed E-state index contributed by atoms with van der Waals surface area (Å²) in [6.45, 7) is 8.38. The number of rotatable bonds is 10. The van der Waals surface area contributed by atoms with Crippen LogP contribution in [0.25, 0.3) is 16.6 Å². The highest BCUT2D eigenvalue weighted by Crippen LogP contribution is 2.31. The largest absolute Gasteiger partial charge is 0.497 e. The molecule has 4 aromatic heterocycles. The number of fused-ring (bicyclic) bond motifs is 3. The molecule has 0 aliphatic rings. The van der Waals surface area contributed by atoms with Gasteiger partial charge < -0.3 is 4.74 Å². The summed E-state index contributed by atoms with van der Waals surface area (Å²) in [5.41, 5.74) is 6.33. The highest BCUT2D eigenvalue weighted by Gasteiger charge is 2.27. The molecule has 11 heteroatoms. The number of aromatic nitrogens is 8. The van der Waals surface area contributed by atoms with Crippen LogP contribution in [0.1, 0.15) is 52.3 Å². The molecule has 204 valence electrons. The summed E-state index contributed by atoms with van der Waals surface area (Å²) < 4.78 is 9.08. The summed E-state index contributed by atoms with van der Waals surface area (Å²) in [7, 11) is 1.67. The fraction of sp³-hybridized carbons (Fsp3) is 0.310. The van der Waals surface area contributed by atoms with E-state index in [1.165, 1.54) is 16.0 Å². The minimum Gasteiger partial charge on any atom is -0.497 e. The molecule has 0 bridgehead atoms. The standard InChI is InChI=1S/C29H31N9OS/c1-5-26(29-31-32-34-37(29)16-21-8-10-23(39-4)11-9-21)36(18-24-7-6-12-40-24)17-22-15-25-20(3)13-19(2)14-27(25)38-28(22)30-33-35-38/h6-15,26H,5,16-18H2,1-4H3. The van der Waals surface area contributed by atoms with Crippen LogP contribution in [0, 0.1) is 13.8 Å². The molecule has 6 aromatic rings. The zero-order valence-electron chi connectivity index (χ0n) is 23.0. The van der Waals surface area contributed by atoms with E-state index in [9.17, 15) is 0 Å². The van der Waals surface area contributed by atoms with Crippen molar-refractivity contribution in [2.24, 2.45) is 0 Å². The van der Waals surface area contributed by atoms with Gasteiger partial charge in [-0.1, -0.05) is 31.2 Å². The minimum atomic E-state index is -0.0268. The SMILES string of the molecule is CCC(c1nnnn1Cc1ccc(OC)cc1)N(Cc1cccs1)Cc1cc2c(C)cc(C)cc2n2nnnc12. The van der Waals surface area contributed by atoms with Crippen molar-refractivity contribution in [3.05, 3.63) is 92.9 Å². The Morgan fingerprint density at radius 2 is 1.80 bits per heavy atom. The number of thiophene rings is 1. The topological polar surface area (TPSA) is 99.2 Å². The lowest BCUT2D eigenvalue weighted by molar-refractivity contribution is 0.164. The molecular formula is C29H31N9OS. The van der Waals surface area contributed by atoms with Gasteiger partial charge in [-0.2, -0.15) is 4.52 Å². The summed E-state index contributed by atoms with van der Waals surface area (Å²) in [5.74, 6) is 1.65. The van der Waals surface area contributed by atoms with Gasteiger partial charge in [0, 0.05) is 28.9 Å². The van der Waals surface area contributed by atoms with Crippen molar-refractivity contribution in [2.45, 2.75) is 52.9 Å². The molecule has 2 aromatic carbocycles. The molecule has 40 heavy (non-hydrogen) atoms. The number of nitrogens with zero attached hydrogens (tertiary/aromatic N) is 9. The van der Waals surface area contributed by atoms with Gasteiger partial charge in [-0.05, 0) is 93.5 Å². The van der Waals surface area contributed by atoms with E-state index in [4.69, 9.17) is 4.74 Å². The molecule has 0 saturated carbocycles. The lowest BCUT2D eigenvalue weighted by Gasteiger charge is -2.30. The van der Waals surface area contributed by atoms with Gasteiger partial charge in [0.1, 0.15) is 5.75 Å². The molecule has 0 aliphatic heterocycles. The normalized spacial score (nSPS) is 12.5. The van der Waals surface area contributed by atoms with Crippen molar-refractivity contribution in [3.8, 4) is 5.75 Å². The smallest absolute Gasteiger partial charge is 0.184 e. The zero-order valence-corrected chi connectivity index (χ0v) is 23.8. The van der Waals surface area contributed by atoms with E-state index in [0.29, 0.717) is 13.1 Å². The number of pyridine rings is 1. The minimum absolute atomic E-state index is 0.0268. The third-order valence-electron chi connectivity index (χ3n) is 7.30. The maximum Gasteiger partial charge on any atom is 0.184 e.